The predicted octanol–water partition coefficient (Wildman–Crippen LogP) is 4.80. The first-order chi connectivity index (χ1) is 18.0. The molecule has 1 N–H and O–H groups in total. The van der Waals surface area contributed by atoms with Gasteiger partial charge in [-0.05, 0) is 32.3 Å². The summed E-state index contributed by atoms with van der Waals surface area (Å²) in [6.07, 6.45) is -0.0267. The lowest BCUT2D eigenvalue weighted by atomic mass is 9.91. The Balaban J connectivity index is 1.43. The maximum atomic E-state index is 13.1. The Kier molecular flexibility index (Phi) is 10.1. The van der Waals surface area contributed by atoms with Gasteiger partial charge in [-0.1, -0.05) is 80.9 Å². The van der Waals surface area contributed by atoms with Crippen LogP contribution in [0.5, 0.6) is 0 Å². The van der Waals surface area contributed by atoms with E-state index in [-0.39, 0.29) is 24.0 Å². The number of carbonyl (C=O) groups excluding carboxylic acids is 1. The molecular weight excluding hydrogens is 470 g/mol. The molecule has 3 unspecified atom stereocenters. The van der Waals surface area contributed by atoms with Gasteiger partial charge in [0.05, 0.1) is 12.7 Å². The van der Waals surface area contributed by atoms with Crippen LogP contribution in [0.2, 0.25) is 0 Å². The van der Waals surface area contributed by atoms with Gasteiger partial charge >= 0.3 is 0 Å². The van der Waals surface area contributed by atoms with E-state index >= 15 is 0 Å². The molecule has 0 bridgehead atoms. The van der Waals surface area contributed by atoms with Crippen LogP contribution in [0.1, 0.15) is 58.0 Å². The summed E-state index contributed by atoms with van der Waals surface area (Å²) in [6, 6.07) is 20.0. The number of benzene rings is 2. The van der Waals surface area contributed by atoms with Crippen molar-refractivity contribution in [2.24, 2.45) is 5.92 Å². The van der Waals surface area contributed by atoms with Gasteiger partial charge < -0.3 is 29.0 Å². The van der Waals surface area contributed by atoms with E-state index in [0.717, 1.165) is 24.8 Å². The van der Waals surface area contributed by atoms with Crippen molar-refractivity contribution in [3.8, 4) is 0 Å². The highest BCUT2D eigenvalue weighted by atomic mass is 16.7. The molecule has 2 aliphatic rings. The standard InChI is InChI=1S/C30H41NO6/c1-5-6-17-33-29-21(3)26(27-25(36-29)19-34-30(37-27)24-15-11-8-12-16-24)35-22(4)28(32)31-20(2)18-23-13-9-7-10-14-23/h7-16,20-22,25-27,29-30H,5-6,17-19H2,1-4H3,(H,31,32)/t20-,21-,22-,25?,26?,27+,29-,30?/m0/s1. The zero-order valence-corrected chi connectivity index (χ0v) is 22.4. The second kappa shape index (κ2) is 13.5. The maximum Gasteiger partial charge on any atom is 0.249 e. The van der Waals surface area contributed by atoms with Gasteiger partial charge in [-0.25, -0.2) is 0 Å². The highest BCUT2D eigenvalue weighted by Crippen LogP contribution is 2.38. The van der Waals surface area contributed by atoms with Crippen LogP contribution in [0.4, 0.5) is 0 Å². The lowest BCUT2D eigenvalue weighted by Gasteiger charge is -2.49. The molecule has 4 rings (SSSR count). The summed E-state index contributed by atoms with van der Waals surface area (Å²) in [5.41, 5.74) is 2.12. The molecule has 2 fully saturated rings. The Morgan fingerprint density at radius 1 is 1.05 bits per heavy atom. The molecule has 0 radical (unpaired) electrons. The van der Waals surface area contributed by atoms with Gasteiger partial charge in [0, 0.05) is 24.1 Å². The molecule has 2 aliphatic heterocycles. The highest BCUT2D eigenvalue weighted by molar-refractivity contribution is 5.80. The molecule has 7 heteroatoms. The Labute approximate surface area is 220 Å². The molecular formula is C30H41NO6. The van der Waals surface area contributed by atoms with Crippen molar-refractivity contribution in [3.05, 3.63) is 71.8 Å². The molecule has 0 spiro atoms. The smallest absolute Gasteiger partial charge is 0.249 e. The van der Waals surface area contributed by atoms with E-state index in [1.807, 2.05) is 62.4 Å². The minimum Gasteiger partial charge on any atom is -0.362 e. The third-order valence-electron chi connectivity index (χ3n) is 6.99. The van der Waals surface area contributed by atoms with Crippen LogP contribution in [0, 0.1) is 5.92 Å². The van der Waals surface area contributed by atoms with Gasteiger partial charge in [-0.2, -0.15) is 0 Å². The van der Waals surface area contributed by atoms with Crippen molar-refractivity contribution in [2.45, 2.75) is 90.0 Å². The number of nitrogens with one attached hydrogen (secondary N) is 1. The number of hydrogen-bond donors (Lipinski definition) is 1. The summed E-state index contributed by atoms with van der Waals surface area (Å²) in [5.74, 6) is -0.279. The molecule has 37 heavy (non-hydrogen) atoms. The average Bonchev–Trinajstić information content (AvgIpc) is 2.91. The first-order valence-corrected chi connectivity index (χ1v) is 13.5. The Morgan fingerprint density at radius 2 is 1.76 bits per heavy atom. The van der Waals surface area contributed by atoms with E-state index in [2.05, 4.69) is 24.4 Å². The van der Waals surface area contributed by atoms with Gasteiger partial charge in [-0.15, -0.1) is 0 Å². The molecule has 8 atom stereocenters. The largest absolute Gasteiger partial charge is 0.362 e. The van der Waals surface area contributed by atoms with E-state index in [1.165, 1.54) is 5.56 Å². The van der Waals surface area contributed by atoms with Crippen LogP contribution in [-0.2, 0) is 34.9 Å². The van der Waals surface area contributed by atoms with E-state index in [1.54, 1.807) is 6.92 Å². The van der Waals surface area contributed by atoms with Crippen LogP contribution >= 0.6 is 0 Å². The Bertz CT molecular complexity index is 957. The van der Waals surface area contributed by atoms with Gasteiger partial charge in [0.15, 0.2) is 12.6 Å². The fraction of sp³-hybridized carbons (Fsp3) is 0.567. The quantitative estimate of drug-likeness (QED) is 0.437. The number of hydrogen-bond acceptors (Lipinski definition) is 6. The SMILES string of the molecule is CCCCO[C@H]1OC2COC(c3ccccc3)O[C@H]2C(O[C@@H](C)C(=O)N[C@@H](C)Cc2ccccc2)[C@@H]1C. The van der Waals surface area contributed by atoms with E-state index < -0.39 is 30.9 Å². The number of fused-ring (bicyclic) bond motifs is 1. The van der Waals surface area contributed by atoms with E-state index in [0.29, 0.717) is 13.2 Å². The maximum absolute atomic E-state index is 13.1. The second-order valence-corrected chi connectivity index (χ2v) is 10.1. The molecule has 0 aromatic heterocycles. The summed E-state index contributed by atoms with van der Waals surface area (Å²) in [4.78, 5) is 13.1. The zero-order valence-electron chi connectivity index (χ0n) is 22.4. The highest BCUT2D eigenvalue weighted by Gasteiger charge is 2.50. The Hall–Kier alpha value is -2.29. The zero-order chi connectivity index (χ0) is 26.2. The van der Waals surface area contributed by atoms with Crippen molar-refractivity contribution in [1.82, 2.24) is 5.32 Å². The van der Waals surface area contributed by atoms with Crippen LogP contribution < -0.4 is 5.32 Å². The molecule has 0 saturated carbocycles. The van der Waals surface area contributed by atoms with Crippen molar-refractivity contribution < 1.29 is 28.5 Å². The van der Waals surface area contributed by atoms with Gasteiger partial charge in [0.25, 0.3) is 0 Å². The third kappa shape index (κ3) is 7.39. The molecule has 7 nitrogen and oxygen atoms in total. The molecule has 1 amide bonds. The van der Waals surface area contributed by atoms with Crippen LogP contribution in [0.15, 0.2) is 60.7 Å². The second-order valence-electron chi connectivity index (χ2n) is 10.1. The minimum absolute atomic E-state index is 0.0206. The first kappa shape index (κ1) is 27.7. The molecule has 202 valence electrons. The van der Waals surface area contributed by atoms with Crippen molar-refractivity contribution >= 4 is 5.91 Å². The summed E-state index contributed by atoms with van der Waals surface area (Å²) < 4.78 is 31.3. The molecule has 2 aromatic carbocycles. The van der Waals surface area contributed by atoms with Gasteiger partial charge in [-0.3, -0.25) is 4.79 Å². The summed E-state index contributed by atoms with van der Waals surface area (Å²) in [7, 11) is 0. The lowest BCUT2D eigenvalue weighted by molar-refractivity contribution is -0.358. The molecule has 2 heterocycles. The predicted molar refractivity (Wildman–Crippen MR) is 141 cm³/mol. The fourth-order valence-corrected chi connectivity index (χ4v) is 4.90. The number of amides is 1. The minimum atomic E-state index is -0.665. The average molecular weight is 512 g/mol. The van der Waals surface area contributed by atoms with Crippen molar-refractivity contribution in [3.63, 3.8) is 0 Å². The van der Waals surface area contributed by atoms with E-state index in [9.17, 15) is 4.79 Å². The molecule has 2 aromatic rings. The lowest BCUT2D eigenvalue weighted by Crippen LogP contribution is -2.61. The van der Waals surface area contributed by atoms with Gasteiger partial charge in [0.2, 0.25) is 5.91 Å². The fourth-order valence-electron chi connectivity index (χ4n) is 4.90. The number of ether oxygens (including phenoxy) is 5. The van der Waals surface area contributed by atoms with Crippen molar-refractivity contribution in [2.75, 3.05) is 13.2 Å². The normalized spacial score (nSPS) is 29.2. The van der Waals surface area contributed by atoms with Crippen LogP contribution in [0.25, 0.3) is 0 Å². The summed E-state index contributed by atoms with van der Waals surface area (Å²) >= 11 is 0. The van der Waals surface area contributed by atoms with Gasteiger partial charge in [0.1, 0.15) is 18.3 Å². The first-order valence-electron chi connectivity index (χ1n) is 13.5. The third-order valence-corrected chi connectivity index (χ3v) is 6.99. The molecule has 0 aliphatic carbocycles. The monoisotopic (exact) mass is 511 g/mol. The summed E-state index contributed by atoms with van der Waals surface area (Å²) in [6.45, 7) is 8.94. The number of carbonyl (C=O) groups is 1. The number of unbranched alkanes of at least 4 members (excludes halogenated alkanes) is 1. The summed E-state index contributed by atoms with van der Waals surface area (Å²) in [5, 5.41) is 3.10. The Morgan fingerprint density at radius 3 is 2.46 bits per heavy atom. The van der Waals surface area contributed by atoms with Crippen molar-refractivity contribution in [1.29, 1.82) is 0 Å². The molecule has 2 saturated heterocycles. The number of rotatable bonds is 11. The van der Waals surface area contributed by atoms with Crippen LogP contribution in [-0.4, -0.2) is 55.9 Å². The van der Waals surface area contributed by atoms with E-state index in [4.69, 9.17) is 23.7 Å². The topological polar surface area (TPSA) is 75.2 Å². The van der Waals surface area contributed by atoms with Crippen LogP contribution in [0.3, 0.4) is 0 Å².